The molecule has 7 heteroatoms. The number of nitrogens with zero attached hydrogens (tertiary/aromatic N) is 3. The monoisotopic (exact) mass is 379 g/mol. The molecule has 0 atom stereocenters. The van der Waals surface area contributed by atoms with Gasteiger partial charge in [-0.1, -0.05) is 20.8 Å². The fourth-order valence-corrected chi connectivity index (χ4v) is 3.33. The predicted molar refractivity (Wildman–Crippen MR) is 110 cm³/mol. The lowest BCUT2D eigenvalue weighted by atomic mass is 10.2. The van der Waals surface area contributed by atoms with E-state index < -0.39 is 8.32 Å². The average Bonchev–Trinajstić information content (AvgIpc) is 3.00. The fourth-order valence-electron chi connectivity index (χ4n) is 2.37. The van der Waals surface area contributed by atoms with Gasteiger partial charge in [-0.2, -0.15) is 5.26 Å². The zero-order chi connectivity index (χ0) is 19.7. The largest absolute Gasteiger partial charge is 0.413 e. The van der Waals surface area contributed by atoms with Crippen molar-refractivity contribution in [1.29, 1.82) is 5.26 Å². The summed E-state index contributed by atoms with van der Waals surface area (Å²) < 4.78 is 6.29. The van der Waals surface area contributed by atoms with Crippen molar-refractivity contribution in [1.82, 2.24) is 15.0 Å². The summed E-state index contributed by atoms with van der Waals surface area (Å²) in [5.41, 5.74) is 3.28. The molecule has 0 saturated carbocycles. The standard InChI is InChI=1S/C20H25N5OSi/c1-20(2,3)27(4,5)26-13-15-8-9-22-18(11-15)25-19-23-16-7-6-14(12-21)10-17(16)24-19/h6-11H,13H2,1-5H3,(H2,22,23,24,25). The lowest BCUT2D eigenvalue weighted by Crippen LogP contribution is -2.40. The van der Waals surface area contributed by atoms with Gasteiger partial charge < -0.3 is 14.7 Å². The summed E-state index contributed by atoms with van der Waals surface area (Å²) in [6.07, 6.45) is 1.77. The van der Waals surface area contributed by atoms with Gasteiger partial charge in [0.15, 0.2) is 8.32 Å². The Labute approximate surface area is 160 Å². The highest BCUT2D eigenvalue weighted by Crippen LogP contribution is 2.37. The van der Waals surface area contributed by atoms with Crippen molar-refractivity contribution >= 4 is 31.1 Å². The number of aromatic nitrogens is 3. The van der Waals surface area contributed by atoms with Gasteiger partial charge in [-0.05, 0) is 54.0 Å². The molecule has 0 aliphatic rings. The van der Waals surface area contributed by atoms with E-state index in [-0.39, 0.29) is 5.04 Å². The van der Waals surface area contributed by atoms with Crippen molar-refractivity contribution in [3.8, 4) is 6.07 Å². The minimum atomic E-state index is -1.80. The zero-order valence-electron chi connectivity index (χ0n) is 16.4. The first-order chi connectivity index (χ1) is 12.7. The molecule has 2 aromatic heterocycles. The Balaban J connectivity index is 1.73. The van der Waals surface area contributed by atoms with E-state index in [1.165, 1.54) is 0 Å². The van der Waals surface area contributed by atoms with Gasteiger partial charge in [-0.25, -0.2) is 9.97 Å². The van der Waals surface area contributed by atoms with Crippen LogP contribution in [0.25, 0.3) is 11.0 Å². The molecule has 0 fully saturated rings. The van der Waals surface area contributed by atoms with Crippen molar-refractivity contribution in [2.24, 2.45) is 0 Å². The lowest BCUT2D eigenvalue weighted by Gasteiger charge is -2.36. The molecule has 2 N–H and O–H groups in total. The van der Waals surface area contributed by atoms with Crippen LogP contribution >= 0.6 is 0 Å². The van der Waals surface area contributed by atoms with Crippen LogP contribution in [0, 0.1) is 11.3 Å². The Morgan fingerprint density at radius 1 is 1.22 bits per heavy atom. The van der Waals surface area contributed by atoms with Gasteiger partial charge in [0.25, 0.3) is 0 Å². The first-order valence-electron chi connectivity index (χ1n) is 8.94. The van der Waals surface area contributed by atoms with E-state index in [0.717, 1.165) is 16.6 Å². The second-order valence-corrected chi connectivity index (χ2v) is 13.0. The average molecular weight is 380 g/mol. The van der Waals surface area contributed by atoms with Gasteiger partial charge in [0, 0.05) is 6.20 Å². The number of rotatable bonds is 5. The number of H-pyrrole nitrogens is 1. The molecule has 1 aromatic carbocycles. The van der Waals surface area contributed by atoms with Crippen molar-refractivity contribution in [2.75, 3.05) is 5.32 Å². The molecule has 0 spiro atoms. The lowest BCUT2D eigenvalue weighted by molar-refractivity contribution is 0.276. The number of anilines is 2. The molecule has 0 aliphatic heterocycles. The van der Waals surface area contributed by atoms with Crippen LogP contribution in [0.3, 0.4) is 0 Å². The number of benzene rings is 1. The van der Waals surface area contributed by atoms with E-state index in [0.29, 0.717) is 23.9 Å². The summed E-state index contributed by atoms with van der Waals surface area (Å²) in [6, 6.07) is 11.4. The third kappa shape index (κ3) is 4.35. The van der Waals surface area contributed by atoms with E-state index in [1.54, 1.807) is 18.3 Å². The summed E-state index contributed by atoms with van der Waals surface area (Å²) in [5, 5.41) is 12.4. The number of fused-ring (bicyclic) bond motifs is 1. The number of hydrogen-bond acceptors (Lipinski definition) is 5. The van der Waals surface area contributed by atoms with Gasteiger partial charge in [0.05, 0.1) is 29.3 Å². The van der Waals surface area contributed by atoms with Crippen LogP contribution in [0.5, 0.6) is 0 Å². The van der Waals surface area contributed by atoms with Crippen LogP contribution in [0.15, 0.2) is 36.5 Å². The second kappa shape index (κ2) is 7.14. The second-order valence-electron chi connectivity index (χ2n) is 8.15. The smallest absolute Gasteiger partial charge is 0.206 e. The third-order valence-corrected chi connectivity index (χ3v) is 9.57. The molecule has 0 amide bonds. The maximum absolute atomic E-state index is 9.01. The molecule has 3 aromatic rings. The zero-order valence-corrected chi connectivity index (χ0v) is 17.4. The van der Waals surface area contributed by atoms with Crippen LogP contribution in [0.4, 0.5) is 11.8 Å². The van der Waals surface area contributed by atoms with Crippen LogP contribution in [0.2, 0.25) is 18.1 Å². The minimum absolute atomic E-state index is 0.178. The molecule has 0 aliphatic carbocycles. The SMILES string of the molecule is CC(C)(C)[Si](C)(C)OCc1ccnc(Nc2nc3ccc(C#N)cc3[nH]2)c1. The topological polar surface area (TPSA) is 86.6 Å². The molecular weight excluding hydrogens is 354 g/mol. The summed E-state index contributed by atoms with van der Waals surface area (Å²) in [6.45, 7) is 11.8. The molecule has 2 heterocycles. The molecule has 6 nitrogen and oxygen atoms in total. The molecule has 0 unspecified atom stereocenters. The van der Waals surface area contributed by atoms with Gasteiger partial charge >= 0.3 is 0 Å². The number of pyridine rings is 1. The Bertz CT molecular complexity index is 998. The van der Waals surface area contributed by atoms with E-state index in [1.807, 2.05) is 18.2 Å². The maximum atomic E-state index is 9.01. The van der Waals surface area contributed by atoms with E-state index >= 15 is 0 Å². The molecular formula is C20H25N5OSi. The number of nitrogens with one attached hydrogen (secondary N) is 2. The highest BCUT2D eigenvalue weighted by molar-refractivity contribution is 6.74. The molecule has 0 radical (unpaired) electrons. The van der Waals surface area contributed by atoms with E-state index in [4.69, 9.17) is 9.69 Å². The Morgan fingerprint density at radius 3 is 2.70 bits per heavy atom. The summed E-state index contributed by atoms with van der Waals surface area (Å²) >= 11 is 0. The quantitative estimate of drug-likeness (QED) is 0.603. The van der Waals surface area contributed by atoms with Crippen molar-refractivity contribution in [2.45, 2.75) is 45.5 Å². The van der Waals surface area contributed by atoms with Crippen LogP contribution in [-0.4, -0.2) is 23.3 Å². The number of hydrogen-bond donors (Lipinski definition) is 2. The third-order valence-electron chi connectivity index (χ3n) is 5.09. The molecule has 3 rings (SSSR count). The number of nitriles is 1. The van der Waals surface area contributed by atoms with Crippen LogP contribution < -0.4 is 5.32 Å². The van der Waals surface area contributed by atoms with E-state index in [9.17, 15) is 0 Å². The maximum Gasteiger partial charge on any atom is 0.206 e. The van der Waals surface area contributed by atoms with Crippen molar-refractivity contribution in [3.05, 3.63) is 47.7 Å². The Hall–Kier alpha value is -2.69. The van der Waals surface area contributed by atoms with Crippen LogP contribution in [0.1, 0.15) is 31.9 Å². The van der Waals surface area contributed by atoms with Gasteiger partial charge in [0.2, 0.25) is 5.95 Å². The van der Waals surface area contributed by atoms with Gasteiger partial charge in [-0.3, -0.25) is 0 Å². The minimum Gasteiger partial charge on any atom is -0.413 e. The number of aromatic amines is 1. The summed E-state index contributed by atoms with van der Waals surface area (Å²) in [4.78, 5) is 12.0. The predicted octanol–water partition coefficient (Wildman–Crippen LogP) is 5.09. The molecule has 140 valence electrons. The normalized spacial score (nSPS) is 12.1. The van der Waals surface area contributed by atoms with Crippen molar-refractivity contribution in [3.63, 3.8) is 0 Å². The van der Waals surface area contributed by atoms with Gasteiger partial charge in [0.1, 0.15) is 5.82 Å². The highest BCUT2D eigenvalue weighted by atomic mass is 28.4. The molecule has 27 heavy (non-hydrogen) atoms. The summed E-state index contributed by atoms with van der Waals surface area (Å²) in [7, 11) is -1.80. The van der Waals surface area contributed by atoms with Crippen molar-refractivity contribution < 1.29 is 4.43 Å². The first kappa shape index (κ1) is 19.1. The van der Waals surface area contributed by atoms with Gasteiger partial charge in [-0.15, -0.1) is 0 Å². The molecule has 0 bridgehead atoms. The number of imidazole rings is 1. The Kier molecular flexibility index (Phi) is 5.04. The fraction of sp³-hybridized carbons (Fsp3) is 0.350. The first-order valence-corrected chi connectivity index (χ1v) is 11.8. The summed E-state index contributed by atoms with van der Waals surface area (Å²) in [5.74, 6) is 1.29. The van der Waals surface area contributed by atoms with Crippen LogP contribution in [-0.2, 0) is 11.0 Å². The highest BCUT2D eigenvalue weighted by Gasteiger charge is 2.37. The van der Waals surface area contributed by atoms with E-state index in [2.05, 4.69) is 60.2 Å². The Morgan fingerprint density at radius 2 is 2.00 bits per heavy atom. The molecule has 0 saturated heterocycles.